The Balaban J connectivity index is 2.22. The quantitative estimate of drug-likeness (QED) is 0.862. The molecular formula is C17H19NO. The van der Waals surface area contributed by atoms with E-state index in [-0.39, 0.29) is 0 Å². The third-order valence-corrected chi connectivity index (χ3v) is 3.51. The second-order valence-corrected chi connectivity index (χ2v) is 5.18. The molecule has 0 unspecified atom stereocenters. The lowest BCUT2D eigenvalue weighted by atomic mass is 9.93. The lowest BCUT2D eigenvalue weighted by Crippen LogP contribution is -2.20. The molecule has 0 atom stereocenters. The van der Waals surface area contributed by atoms with Crippen LogP contribution in [0.5, 0.6) is 5.75 Å². The van der Waals surface area contributed by atoms with E-state index in [1.807, 2.05) is 0 Å². The lowest BCUT2D eigenvalue weighted by Gasteiger charge is -2.27. The minimum Gasteiger partial charge on any atom is -0.456 e. The SMILES string of the molecule is CCNC1=C2C=C(C)CC=C2Oc2ccc(C)cc21. The predicted molar refractivity (Wildman–Crippen MR) is 78.9 cm³/mol. The fourth-order valence-corrected chi connectivity index (χ4v) is 2.59. The second-order valence-electron chi connectivity index (χ2n) is 5.18. The molecule has 0 saturated carbocycles. The van der Waals surface area contributed by atoms with Gasteiger partial charge in [-0.3, -0.25) is 0 Å². The summed E-state index contributed by atoms with van der Waals surface area (Å²) < 4.78 is 6.03. The number of benzene rings is 1. The van der Waals surface area contributed by atoms with Crippen molar-refractivity contribution >= 4 is 5.70 Å². The Morgan fingerprint density at radius 2 is 2.11 bits per heavy atom. The highest BCUT2D eigenvalue weighted by atomic mass is 16.5. The molecule has 3 rings (SSSR count). The summed E-state index contributed by atoms with van der Waals surface area (Å²) in [6.07, 6.45) is 5.38. The van der Waals surface area contributed by atoms with Gasteiger partial charge in [-0.25, -0.2) is 0 Å². The van der Waals surface area contributed by atoms with Crippen molar-refractivity contribution in [3.8, 4) is 5.75 Å². The summed E-state index contributed by atoms with van der Waals surface area (Å²) in [5.41, 5.74) is 6.16. The van der Waals surface area contributed by atoms with Crippen LogP contribution in [-0.2, 0) is 0 Å². The van der Waals surface area contributed by atoms with Gasteiger partial charge in [-0.2, -0.15) is 0 Å². The lowest BCUT2D eigenvalue weighted by molar-refractivity contribution is 0.427. The molecular weight excluding hydrogens is 234 g/mol. The summed E-state index contributed by atoms with van der Waals surface area (Å²) in [5, 5.41) is 3.50. The van der Waals surface area contributed by atoms with Crippen molar-refractivity contribution in [1.82, 2.24) is 5.32 Å². The molecule has 0 saturated heterocycles. The third-order valence-electron chi connectivity index (χ3n) is 3.51. The Labute approximate surface area is 114 Å². The molecule has 0 aromatic heterocycles. The van der Waals surface area contributed by atoms with E-state index in [1.165, 1.54) is 28.0 Å². The van der Waals surface area contributed by atoms with Crippen LogP contribution < -0.4 is 10.1 Å². The molecule has 1 N–H and O–H groups in total. The minimum atomic E-state index is 0.909. The summed E-state index contributed by atoms with van der Waals surface area (Å²) in [4.78, 5) is 0. The van der Waals surface area contributed by atoms with Crippen molar-refractivity contribution < 1.29 is 4.74 Å². The molecule has 0 spiro atoms. The molecule has 2 aliphatic rings. The number of aryl methyl sites for hydroxylation is 1. The zero-order chi connectivity index (χ0) is 13.4. The van der Waals surface area contributed by atoms with Gasteiger partial charge in [0, 0.05) is 17.7 Å². The van der Waals surface area contributed by atoms with Gasteiger partial charge in [0.1, 0.15) is 11.5 Å². The van der Waals surface area contributed by atoms with Gasteiger partial charge >= 0.3 is 0 Å². The smallest absolute Gasteiger partial charge is 0.136 e. The Morgan fingerprint density at radius 1 is 1.26 bits per heavy atom. The highest BCUT2D eigenvalue weighted by molar-refractivity contribution is 5.80. The molecule has 19 heavy (non-hydrogen) atoms. The summed E-state index contributed by atoms with van der Waals surface area (Å²) in [6.45, 7) is 7.31. The first-order chi connectivity index (χ1) is 9.19. The van der Waals surface area contributed by atoms with E-state index in [1.54, 1.807) is 0 Å². The first kappa shape index (κ1) is 12.1. The molecule has 98 valence electrons. The van der Waals surface area contributed by atoms with Crippen LogP contribution in [0, 0.1) is 6.92 Å². The van der Waals surface area contributed by atoms with Gasteiger partial charge in [-0.1, -0.05) is 17.2 Å². The molecule has 1 aliphatic heterocycles. The first-order valence-corrected chi connectivity index (χ1v) is 6.83. The molecule has 0 amide bonds. The molecule has 1 aromatic rings. The predicted octanol–water partition coefficient (Wildman–Crippen LogP) is 3.94. The molecule has 1 aromatic carbocycles. The molecule has 0 radical (unpaired) electrons. The fourth-order valence-electron chi connectivity index (χ4n) is 2.59. The Bertz CT molecular complexity index is 620. The van der Waals surface area contributed by atoms with Gasteiger partial charge in [0.05, 0.1) is 5.70 Å². The van der Waals surface area contributed by atoms with Crippen molar-refractivity contribution in [2.45, 2.75) is 27.2 Å². The van der Waals surface area contributed by atoms with Gasteiger partial charge in [-0.15, -0.1) is 0 Å². The van der Waals surface area contributed by atoms with Crippen molar-refractivity contribution in [2.75, 3.05) is 6.54 Å². The maximum atomic E-state index is 6.03. The standard InChI is InChI=1S/C17H19NO/c1-4-18-17-13-9-11(2)5-7-15(13)19-16-8-6-12(3)10-14(16)17/h5,7-10,18H,4,6H2,1-3H3. The maximum Gasteiger partial charge on any atom is 0.136 e. The minimum absolute atomic E-state index is 0.909. The van der Waals surface area contributed by atoms with Gasteiger partial charge in [0.15, 0.2) is 0 Å². The first-order valence-electron chi connectivity index (χ1n) is 6.83. The Kier molecular flexibility index (Phi) is 2.94. The number of nitrogens with one attached hydrogen (secondary N) is 1. The van der Waals surface area contributed by atoms with Crippen LogP contribution in [0.4, 0.5) is 0 Å². The average molecular weight is 253 g/mol. The molecule has 0 bridgehead atoms. The summed E-state index contributed by atoms with van der Waals surface area (Å²) in [6, 6.07) is 6.34. The number of hydrogen-bond donors (Lipinski definition) is 1. The maximum absolute atomic E-state index is 6.03. The van der Waals surface area contributed by atoms with Crippen LogP contribution in [0.1, 0.15) is 31.4 Å². The van der Waals surface area contributed by atoms with Crippen LogP contribution in [0.3, 0.4) is 0 Å². The van der Waals surface area contributed by atoms with Gasteiger partial charge in [-0.05, 0) is 51.5 Å². The highest BCUT2D eigenvalue weighted by Crippen LogP contribution is 2.39. The molecule has 1 aliphatic carbocycles. The van der Waals surface area contributed by atoms with Crippen LogP contribution in [0.25, 0.3) is 5.70 Å². The number of allylic oxidation sites excluding steroid dienone is 3. The van der Waals surface area contributed by atoms with E-state index in [4.69, 9.17) is 4.74 Å². The second kappa shape index (κ2) is 4.61. The van der Waals surface area contributed by atoms with Crippen molar-refractivity contribution in [2.24, 2.45) is 0 Å². The zero-order valence-corrected chi connectivity index (χ0v) is 11.7. The van der Waals surface area contributed by atoms with Gasteiger partial charge in [0.25, 0.3) is 0 Å². The van der Waals surface area contributed by atoms with E-state index in [2.05, 4.69) is 56.4 Å². The Hall–Kier alpha value is -1.96. The van der Waals surface area contributed by atoms with Crippen LogP contribution >= 0.6 is 0 Å². The summed E-state index contributed by atoms with van der Waals surface area (Å²) >= 11 is 0. The highest BCUT2D eigenvalue weighted by Gasteiger charge is 2.24. The van der Waals surface area contributed by atoms with Crippen molar-refractivity contribution in [3.63, 3.8) is 0 Å². The van der Waals surface area contributed by atoms with Crippen LogP contribution in [-0.4, -0.2) is 6.54 Å². The number of fused-ring (bicyclic) bond motifs is 2. The zero-order valence-electron chi connectivity index (χ0n) is 11.7. The third kappa shape index (κ3) is 2.07. The van der Waals surface area contributed by atoms with E-state index < -0.39 is 0 Å². The fraction of sp³-hybridized carbons (Fsp3) is 0.294. The topological polar surface area (TPSA) is 21.3 Å². The van der Waals surface area contributed by atoms with Crippen molar-refractivity contribution in [1.29, 1.82) is 0 Å². The van der Waals surface area contributed by atoms with Crippen LogP contribution in [0.15, 0.2) is 47.3 Å². The molecule has 0 fully saturated rings. The Morgan fingerprint density at radius 3 is 2.89 bits per heavy atom. The number of hydrogen-bond acceptors (Lipinski definition) is 2. The van der Waals surface area contributed by atoms with Gasteiger partial charge < -0.3 is 10.1 Å². The average Bonchev–Trinajstić information content (AvgIpc) is 2.40. The monoisotopic (exact) mass is 253 g/mol. The molecule has 2 nitrogen and oxygen atoms in total. The largest absolute Gasteiger partial charge is 0.456 e. The van der Waals surface area contributed by atoms with E-state index in [0.717, 1.165) is 24.5 Å². The summed E-state index contributed by atoms with van der Waals surface area (Å²) in [7, 11) is 0. The van der Waals surface area contributed by atoms with E-state index in [0.29, 0.717) is 0 Å². The van der Waals surface area contributed by atoms with E-state index >= 15 is 0 Å². The molecule has 2 heteroatoms. The van der Waals surface area contributed by atoms with Crippen molar-refractivity contribution in [3.05, 3.63) is 58.4 Å². The molecule has 1 heterocycles. The number of ether oxygens (including phenoxy) is 1. The van der Waals surface area contributed by atoms with Crippen LogP contribution in [0.2, 0.25) is 0 Å². The normalized spacial score (nSPS) is 17.0. The summed E-state index contributed by atoms with van der Waals surface area (Å²) in [5.74, 6) is 1.93. The number of rotatable bonds is 2. The van der Waals surface area contributed by atoms with Gasteiger partial charge in [0.2, 0.25) is 0 Å². The van der Waals surface area contributed by atoms with E-state index in [9.17, 15) is 0 Å².